The van der Waals surface area contributed by atoms with Crippen molar-refractivity contribution in [2.45, 2.75) is 11.7 Å². The summed E-state index contributed by atoms with van der Waals surface area (Å²) in [6, 6.07) is 10.1. The first kappa shape index (κ1) is 19.0. The number of nitrogens with zero attached hydrogens (tertiary/aromatic N) is 3. The average Bonchev–Trinajstić information content (AvgIpc) is 3.28. The van der Waals surface area contributed by atoms with Gasteiger partial charge in [-0.2, -0.15) is 0 Å². The SMILES string of the molecule is Cn1c(CNC(=O)c2ccco2)nnc1SCC(=O)Nc1cccc(Cl)c1. The first-order valence-electron chi connectivity index (χ1n) is 7.91. The first-order chi connectivity index (χ1) is 13.0. The van der Waals surface area contributed by atoms with Gasteiger partial charge >= 0.3 is 0 Å². The Morgan fingerprint density at radius 2 is 2.11 bits per heavy atom. The van der Waals surface area contributed by atoms with Crippen LogP contribution in [-0.2, 0) is 18.4 Å². The normalized spacial score (nSPS) is 10.6. The zero-order chi connectivity index (χ0) is 19.2. The van der Waals surface area contributed by atoms with Crippen molar-refractivity contribution >= 4 is 40.9 Å². The molecule has 0 saturated carbocycles. The molecule has 3 aromatic rings. The fourth-order valence-corrected chi connectivity index (χ4v) is 3.09. The Morgan fingerprint density at radius 1 is 1.26 bits per heavy atom. The van der Waals surface area contributed by atoms with Crippen molar-refractivity contribution < 1.29 is 14.0 Å². The fraction of sp³-hybridized carbons (Fsp3) is 0.176. The minimum absolute atomic E-state index is 0.164. The van der Waals surface area contributed by atoms with E-state index < -0.39 is 0 Å². The van der Waals surface area contributed by atoms with E-state index >= 15 is 0 Å². The molecule has 2 amide bonds. The van der Waals surface area contributed by atoms with Gasteiger partial charge in [0.2, 0.25) is 5.91 Å². The molecular weight excluding hydrogens is 390 g/mol. The molecule has 0 saturated heterocycles. The zero-order valence-electron chi connectivity index (χ0n) is 14.3. The lowest BCUT2D eigenvalue weighted by atomic mass is 10.3. The predicted molar refractivity (Wildman–Crippen MR) is 102 cm³/mol. The number of anilines is 1. The predicted octanol–water partition coefficient (Wildman–Crippen LogP) is 2.72. The Hall–Kier alpha value is -2.78. The molecule has 0 fully saturated rings. The molecular formula is C17H16ClN5O3S. The molecule has 2 aromatic heterocycles. The number of hydrogen-bond donors (Lipinski definition) is 2. The van der Waals surface area contributed by atoms with Crippen LogP contribution in [0.3, 0.4) is 0 Å². The molecule has 0 unspecified atom stereocenters. The molecule has 0 aliphatic heterocycles. The summed E-state index contributed by atoms with van der Waals surface area (Å²) in [5, 5.41) is 14.7. The number of thioether (sulfide) groups is 1. The highest BCUT2D eigenvalue weighted by molar-refractivity contribution is 7.99. The van der Waals surface area contributed by atoms with Gasteiger partial charge in [0.15, 0.2) is 16.7 Å². The van der Waals surface area contributed by atoms with E-state index in [2.05, 4.69) is 20.8 Å². The van der Waals surface area contributed by atoms with E-state index in [-0.39, 0.29) is 29.9 Å². The number of carbonyl (C=O) groups excluding carboxylic acids is 2. The zero-order valence-corrected chi connectivity index (χ0v) is 15.9. The number of furan rings is 1. The number of nitrogens with one attached hydrogen (secondary N) is 2. The van der Waals surface area contributed by atoms with Gasteiger partial charge in [-0.3, -0.25) is 9.59 Å². The highest BCUT2D eigenvalue weighted by Gasteiger charge is 2.14. The van der Waals surface area contributed by atoms with Crippen molar-refractivity contribution in [1.82, 2.24) is 20.1 Å². The number of hydrogen-bond acceptors (Lipinski definition) is 6. The van der Waals surface area contributed by atoms with Crippen LogP contribution >= 0.6 is 23.4 Å². The molecule has 27 heavy (non-hydrogen) atoms. The summed E-state index contributed by atoms with van der Waals surface area (Å²) in [5.41, 5.74) is 0.632. The Bertz CT molecular complexity index is 942. The largest absolute Gasteiger partial charge is 0.459 e. The lowest BCUT2D eigenvalue weighted by Crippen LogP contribution is -2.24. The van der Waals surface area contributed by atoms with Crippen molar-refractivity contribution in [2.24, 2.45) is 7.05 Å². The van der Waals surface area contributed by atoms with E-state index in [1.54, 1.807) is 48.0 Å². The van der Waals surface area contributed by atoms with E-state index in [9.17, 15) is 9.59 Å². The number of halogens is 1. The maximum atomic E-state index is 12.1. The van der Waals surface area contributed by atoms with Crippen LogP contribution in [0, 0.1) is 0 Å². The van der Waals surface area contributed by atoms with Crippen molar-refractivity contribution in [2.75, 3.05) is 11.1 Å². The first-order valence-corrected chi connectivity index (χ1v) is 9.27. The summed E-state index contributed by atoms with van der Waals surface area (Å²) in [6.07, 6.45) is 1.43. The van der Waals surface area contributed by atoms with Crippen LogP contribution in [0.2, 0.25) is 5.02 Å². The quantitative estimate of drug-likeness (QED) is 0.586. The van der Waals surface area contributed by atoms with Crippen molar-refractivity contribution in [1.29, 1.82) is 0 Å². The summed E-state index contributed by atoms with van der Waals surface area (Å²) in [5.74, 6) is 0.435. The standard InChI is InChI=1S/C17H16ClN5O3S/c1-23-14(9-19-16(25)13-6-3-7-26-13)21-22-17(23)27-10-15(24)20-12-5-2-4-11(18)8-12/h2-8H,9-10H2,1H3,(H,19,25)(H,20,24). The average molecular weight is 406 g/mol. The number of aromatic nitrogens is 3. The van der Waals surface area contributed by atoms with Gasteiger partial charge in [0.25, 0.3) is 5.91 Å². The van der Waals surface area contributed by atoms with Gasteiger partial charge in [-0.1, -0.05) is 29.4 Å². The van der Waals surface area contributed by atoms with Crippen molar-refractivity contribution in [3.63, 3.8) is 0 Å². The topological polar surface area (TPSA) is 102 Å². The third-order valence-corrected chi connectivity index (χ3v) is 4.77. The van der Waals surface area contributed by atoms with Crippen LogP contribution in [0.25, 0.3) is 0 Å². The van der Waals surface area contributed by atoms with E-state index in [1.807, 2.05) is 0 Å². The van der Waals surface area contributed by atoms with Gasteiger partial charge in [0.1, 0.15) is 0 Å². The third-order valence-electron chi connectivity index (χ3n) is 3.52. The molecule has 3 rings (SSSR count). The smallest absolute Gasteiger partial charge is 0.287 e. The molecule has 2 N–H and O–H groups in total. The second kappa shape index (κ2) is 8.74. The number of carbonyl (C=O) groups is 2. The van der Waals surface area contributed by atoms with E-state index in [0.29, 0.717) is 21.7 Å². The van der Waals surface area contributed by atoms with Crippen LogP contribution in [-0.4, -0.2) is 32.3 Å². The second-order valence-corrected chi connectivity index (χ2v) is 6.84. The van der Waals surface area contributed by atoms with E-state index in [0.717, 1.165) is 0 Å². The summed E-state index contributed by atoms with van der Waals surface area (Å²) in [4.78, 5) is 23.9. The minimum Gasteiger partial charge on any atom is -0.459 e. The molecule has 0 atom stereocenters. The highest BCUT2D eigenvalue weighted by Crippen LogP contribution is 2.18. The molecule has 0 aliphatic rings. The maximum Gasteiger partial charge on any atom is 0.287 e. The van der Waals surface area contributed by atoms with Crippen LogP contribution in [0.4, 0.5) is 5.69 Å². The highest BCUT2D eigenvalue weighted by atomic mass is 35.5. The van der Waals surface area contributed by atoms with Gasteiger partial charge in [0, 0.05) is 17.8 Å². The van der Waals surface area contributed by atoms with Gasteiger partial charge in [-0.25, -0.2) is 0 Å². The molecule has 0 bridgehead atoms. The van der Waals surface area contributed by atoms with Crippen LogP contribution in [0.15, 0.2) is 52.2 Å². The van der Waals surface area contributed by atoms with Crippen LogP contribution in [0.1, 0.15) is 16.4 Å². The third kappa shape index (κ3) is 5.11. The van der Waals surface area contributed by atoms with Gasteiger partial charge in [-0.05, 0) is 30.3 Å². The molecule has 10 heteroatoms. The second-order valence-electron chi connectivity index (χ2n) is 5.46. The van der Waals surface area contributed by atoms with Gasteiger partial charge < -0.3 is 19.6 Å². The Kier molecular flexibility index (Phi) is 6.15. The van der Waals surface area contributed by atoms with Crippen LogP contribution in [0.5, 0.6) is 0 Å². The van der Waals surface area contributed by atoms with E-state index in [1.165, 1.54) is 18.0 Å². The fourth-order valence-electron chi connectivity index (χ4n) is 2.17. The Morgan fingerprint density at radius 3 is 2.85 bits per heavy atom. The molecule has 2 heterocycles. The summed E-state index contributed by atoms with van der Waals surface area (Å²) in [7, 11) is 1.77. The van der Waals surface area contributed by atoms with Crippen molar-refractivity contribution in [3.8, 4) is 0 Å². The monoisotopic (exact) mass is 405 g/mol. The van der Waals surface area contributed by atoms with Crippen molar-refractivity contribution in [3.05, 3.63) is 59.3 Å². The summed E-state index contributed by atoms with van der Waals surface area (Å²) >= 11 is 7.14. The number of benzene rings is 1. The minimum atomic E-state index is -0.335. The summed E-state index contributed by atoms with van der Waals surface area (Å²) < 4.78 is 6.75. The number of amides is 2. The molecule has 8 nitrogen and oxygen atoms in total. The molecule has 140 valence electrons. The Labute approximate surface area is 164 Å². The number of rotatable bonds is 7. The van der Waals surface area contributed by atoms with Crippen LogP contribution < -0.4 is 10.6 Å². The summed E-state index contributed by atoms with van der Waals surface area (Å²) in [6.45, 7) is 0.193. The molecule has 0 spiro atoms. The van der Waals surface area contributed by atoms with E-state index in [4.69, 9.17) is 16.0 Å². The lowest BCUT2D eigenvalue weighted by Gasteiger charge is -2.06. The molecule has 0 aliphatic carbocycles. The Balaban J connectivity index is 1.51. The van der Waals surface area contributed by atoms with Gasteiger partial charge in [0.05, 0.1) is 18.6 Å². The van der Waals surface area contributed by atoms with Gasteiger partial charge in [-0.15, -0.1) is 10.2 Å². The lowest BCUT2D eigenvalue weighted by molar-refractivity contribution is -0.113. The molecule has 0 radical (unpaired) electrons. The maximum absolute atomic E-state index is 12.1. The molecule has 1 aromatic carbocycles.